The van der Waals surface area contributed by atoms with Crippen LogP contribution in [-0.4, -0.2) is 29.9 Å². The Labute approximate surface area is 218 Å². The van der Waals surface area contributed by atoms with Gasteiger partial charge in [-0.2, -0.15) is 0 Å². The number of benzene rings is 3. The largest absolute Gasteiger partial charge is 0.465 e. The van der Waals surface area contributed by atoms with Gasteiger partial charge in [0.05, 0.1) is 0 Å². The van der Waals surface area contributed by atoms with Crippen molar-refractivity contribution in [2.24, 2.45) is 5.41 Å². The van der Waals surface area contributed by atoms with Crippen LogP contribution in [0, 0.1) is 5.41 Å². The summed E-state index contributed by atoms with van der Waals surface area (Å²) in [6.45, 7) is 12.4. The maximum absolute atomic E-state index is 11.9. The van der Waals surface area contributed by atoms with Gasteiger partial charge in [-0.3, -0.25) is 0 Å². The van der Waals surface area contributed by atoms with Gasteiger partial charge < -0.3 is 19.3 Å². The molecule has 3 aromatic rings. The molecule has 1 atom stereocenters. The normalized spacial score (nSPS) is 11.9. The average Bonchev–Trinajstić information content (AvgIpc) is 2.87. The fourth-order valence-electron chi connectivity index (χ4n) is 3.49. The SMILES string of the molecule is C=C(C)C(=O)OCC(=O)Oc1ccc(-c2ccc(-c3ccc(OC(O)C(C)(C)C)cc3)c(CC)c2)cc1. The fourth-order valence-corrected chi connectivity index (χ4v) is 3.49. The number of esters is 2. The Hall–Kier alpha value is -3.90. The number of aliphatic hydroxyl groups is 1. The molecule has 194 valence electrons. The molecule has 0 aliphatic rings. The molecule has 0 spiro atoms. The van der Waals surface area contributed by atoms with Crippen LogP contribution in [0.15, 0.2) is 78.9 Å². The van der Waals surface area contributed by atoms with Gasteiger partial charge in [0.2, 0.25) is 6.29 Å². The van der Waals surface area contributed by atoms with E-state index in [1.807, 2.05) is 57.2 Å². The second-order valence-corrected chi connectivity index (χ2v) is 9.94. The highest BCUT2D eigenvalue weighted by Gasteiger charge is 2.24. The van der Waals surface area contributed by atoms with Crippen LogP contribution in [0.25, 0.3) is 22.3 Å². The first kappa shape index (κ1) is 27.7. The van der Waals surface area contributed by atoms with Crippen LogP contribution in [0.3, 0.4) is 0 Å². The summed E-state index contributed by atoms with van der Waals surface area (Å²) in [7, 11) is 0. The van der Waals surface area contributed by atoms with Crippen molar-refractivity contribution in [3.63, 3.8) is 0 Å². The van der Waals surface area contributed by atoms with Gasteiger partial charge >= 0.3 is 11.9 Å². The minimum Gasteiger partial charge on any atom is -0.465 e. The van der Waals surface area contributed by atoms with E-state index in [-0.39, 0.29) is 11.0 Å². The molecular weight excluding hydrogens is 468 g/mol. The number of aliphatic hydroxyl groups excluding tert-OH is 1. The maximum atomic E-state index is 11.9. The Morgan fingerprint density at radius 2 is 1.46 bits per heavy atom. The number of rotatable bonds is 9. The second kappa shape index (κ2) is 11.9. The fraction of sp³-hybridized carbons (Fsp3) is 0.290. The minimum absolute atomic E-state index is 0.219. The number of hydrogen-bond acceptors (Lipinski definition) is 6. The van der Waals surface area contributed by atoms with Crippen molar-refractivity contribution in [3.05, 3.63) is 84.4 Å². The summed E-state index contributed by atoms with van der Waals surface area (Å²) < 4.78 is 15.7. The molecule has 3 aromatic carbocycles. The Kier molecular flexibility index (Phi) is 8.90. The molecule has 3 rings (SSSR count). The number of ether oxygens (including phenoxy) is 3. The maximum Gasteiger partial charge on any atom is 0.349 e. The Morgan fingerprint density at radius 3 is 2.03 bits per heavy atom. The lowest BCUT2D eigenvalue weighted by Crippen LogP contribution is -2.31. The first-order valence-corrected chi connectivity index (χ1v) is 12.2. The Bertz CT molecular complexity index is 1250. The van der Waals surface area contributed by atoms with E-state index in [9.17, 15) is 14.7 Å². The number of carbonyl (C=O) groups is 2. The minimum atomic E-state index is -0.891. The van der Waals surface area contributed by atoms with E-state index in [2.05, 4.69) is 31.7 Å². The van der Waals surface area contributed by atoms with Gasteiger partial charge in [-0.05, 0) is 65.4 Å². The molecular formula is C31H34O6. The van der Waals surface area contributed by atoms with Crippen molar-refractivity contribution >= 4 is 11.9 Å². The monoisotopic (exact) mass is 502 g/mol. The summed E-state index contributed by atoms with van der Waals surface area (Å²) in [5.74, 6) is -0.308. The van der Waals surface area contributed by atoms with Gasteiger partial charge in [0.1, 0.15) is 11.5 Å². The van der Waals surface area contributed by atoms with Gasteiger partial charge in [0.15, 0.2) is 6.61 Å². The van der Waals surface area contributed by atoms with E-state index < -0.39 is 24.8 Å². The van der Waals surface area contributed by atoms with Crippen molar-refractivity contribution in [1.82, 2.24) is 0 Å². The summed E-state index contributed by atoms with van der Waals surface area (Å²) in [5, 5.41) is 10.2. The molecule has 1 unspecified atom stereocenters. The third-order valence-electron chi connectivity index (χ3n) is 5.73. The molecule has 0 saturated heterocycles. The molecule has 0 aromatic heterocycles. The van der Waals surface area contributed by atoms with Crippen LogP contribution >= 0.6 is 0 Å². The van der Waals surface area contributed by atoms with E-state index in [1.54, 1.807) is 12.1 Å². The van der Waals surface area contributed by atoms with E-state index >= 15 is 0 Å². The topological polar surface area (TPSA) is 82.1 Å². The average molecular weight is 503 g/mol. The van der Waals surface area contributed by atoms with Crippen LogP contribution in [0.5, 0.6) is 11.5 Å². The van der Waals surface area contributed by atoms with Crippen LogP contribution in [-0.2, 0) is 20.7 Å². The van der Waals surface area contributed by atoms with Crippen LogP contribution in [0.2, 0.25) is 0 Å². The summed E-state index contributed by atoms with van der Waals surface area (Å²) in [6, 6.07) is 21.2. The molecule has 1 N–H and O–H groups in total. The standard InChI is InChI=1S/C31H34O6/c1-7-21-18-24(22-8-13-25(14-9-22)36-28(32)19-35-29(33)20(2)3)12-17-27(21)23-10-15-26(16-11-23)37-30(34)31(4,5)6/h8-18,30,34H,2,7,19H2,1,3-6H3. The van der Waals surface area contributed by atoms with Gasteiger partial charge in [0.25, 0.3) is 0 Å². The number of carbonyl (C=O) groups excluding carboxylic acids is 2. The third-order valence-corrected chi connectivity index (χ3v) is 5.73. The lowest BCUT2D eigenvalue weighted by molar-refractivity contribution is -0.150. The Balaban J connectivity index is 1.70. The number of hydrogen-bond donors (Lipinski definition) is 1. The molecule has 6 heteroatoms. The third kappa shape index (κ3) is 7.54. The molecule has 0 aliphatic carbocycles. The van der Waals surface area contributed by atoms with Crippen molar-refractivity contribution in [1.29, 1.82) is 0 Å². The first-order chi connectivity index (χ1) is 17.5. The highest BCUT2D eigenvalue weighted by molar-refractivity contribution is 5.88. The molecule has 0 fully saturated rings. The molecule has 37 heavy (non-hydrogen) atoms. The molecule has 6 nitrogen and oxygen atoms in total. The zero-order chi connectivity index (χ0) is 27.2. The summed E-state index contributed by atoms with van der Waals surface area (Å²) in [5.41, 5.74) is 5.26. The van der Waals surface area contributed by atoms with Gasteiger partial charge in [-0.1, -0.05) is 76.7 Å². The highest BCUT2D eigenvalue weighted by Crippen LogP contribution is 2.32. The molecule has 0 radical (unpaired) electrons. The van der Waals surface area contributed by atoms with E-state index in [4.69, 9.17) is 14.2 Å². The predicted octanol–water partition coefficient (Wildman–Crippen LogP) is 6.35. The van der Waals surface area contributed by atoms with E-state index in [1.165, 1.54) is 12.5 Å². The molecule has 0 saturated carbocycles. The van der Waals surface area contributed by atoms with Crippen molar-refractivity contribution < 1.29 is 28.9 Å². The van der Waals surface area contributed by atoms with Gasteiger partial charge in [-0.25, -0.2) is 9.59 Å². The van der Waals surface area contributed by atoms with Crippen molar-refractivity contribution in [2.45, 2.75) is 47.3 Å². The van der Waals surface area contributed by atoms with E-state index in [0.29, 0.717) is 11.5 Å². The molecule has 0 heterocycles. The predicted molar refractivity (Wildman–Crippen MR) is 144 cm³/mol. The first-order valence-electron chi connectivity index (χ1n) is 12.2. The lowest BCUT2D eigenvalue weighted by Gasteiger charge is -2.26. The van der Waals surface area contributed by atoms with Crippen LogP contribution in [0.4, 0.5) is 0 Å². The zero-order valence-electron chi connectivity index (χ0n) is 22.0. The van der Waals surface area contributed by atoms with Crippen molar-refractivity contribution in [2.75, 3.05) is 6.61 Å². The van der Waals surface area contributed by atoms with E-state index in [0.717, 1.165) is 28.7 Å². The number of aryl methyl sites for hydroxylation is 1. The molecule has 0 aliphatic heterocycles. The van der Waals surface area contributed by atoms with Crippen LogP contribution in [0.1, 0.15) is 40.2 Å². The summed E-state index contributed by atoms with van der Waals surface area (Å²) in [4.78, 5) is 23.3. The van der Waals surface area contributed by atoms with Gasteiger partial charge in [-0.15, -0.1) is 0 Å². The smallest absolute Gasteiger partial charge is 0.349 e. The highest BCUT2D eigenvalue weighted by atomic mass is 16.6. The Morgan fingerprint density at radius 1 is 0.892 bits per heavy atom. The quantitative estimate of drug-likeness (QED) is 0.159. The van der Waals surface area contributed by atoms with Gasteiger partial charge in [0, 0.05) is 11.0 Å². The molecule has 0 bridgehead atoms. The summed E-state index contributed by atoms with van der Waals surface area (Å²) in [6.07, 6.45) is -0.0410. The van der Waals surface area contributed by atoms with Crippen molar-refractivity contribution in [3.8, 4) is 33.8 Å². The van der Waals surface area contributed by atoms with Crippen LogP contribution < -0.4 is 9.47 Å². The zero-order valence-corrected chi connectivity index (χ0v) is 22.0. The second-order valence-electron chi connectivity index (χ2n) is 9.94. The molecule has 0 amide bonds. The summed E-state index contributed by atoms with van der Waals surface area (Å²) >= 11 is 0. The lowest BCUT2D eigenvalue weighted by atomic mass is 9.93.